The quantitative estimate of drug-likeness (QED) is 0.756. The molecule has 1 unspecified atom stereocenters. The summed E-state index contributed by atoms with van der Waals surface area (Å²) in [7, 11) is 0. The lowest BCUT2D eigenvalue weighted by Gasteiger charge is -2.08. The van der Waals surface area contributed by atoms with Gasteiger partial charge in [0.1, 0.15) is 5.82 Å². The minimum absolute atomic E-state index is 0.670. The van der Waals surface area contributed by atoms with E-state index >= 15 is 0 Å². The van der Waals surface area contributed by atoms with Crippen LogP contribution in [0.3, 0.4) is 0 Å². The minimum Gasteiger partial charge on any atom is -0.345 e. The molecule has 74 valence electrons. The first-order chi connectivity index (χ1) is 6.22. The number of nitrogens with zero attached hydrogens (tertiary/aromatic N) is 1. The fraction of sp³-hybridized carbons (Fsp3) is 0.667. The fourth-order valence-electron chi connectivity index (χ4n) is 1.05. The van der Waals surface area contributed by atoms with Gasteiger partial charge in [0.15, 0.2) is 0 Å². The molecule has 0 amide bonds. The Bertz CT molecular complexity index is 247. The van der Waals surface area contributed by atoms with Crippen LogP contribution in [0.15, 0.2) is 6.20 Å². The Kier molecular flexibility index (Phi) is 4.32. The Morgan fingerprint density at radius 2 is 2.46 bits per heavy atom. The van der Waals surface area contributed by atoms with E-state index in [4.69, 9.17) is 0 Å². The van der Waals surface area contributed by atoms with Gasteiger partial charge in [0.2, 0.25) is 0 Å². The van der Waals surface area contributed by atoms with E-state index in [9.17, 15) is 0 Å². The van der Waals surface area contributed by atoms with E-state index in [1.165, 1.54) is 0 Å². The maximum Gasteiger partial charge on any atom is 0.103 e. The maximum atomic E-state index is 4.13. The lowest BCUT2D eigenvalue weighted by atomic mass is 10.4. The SMILES string of the molecule is CSC(C)CNCc1cnc(C)[nH]1. The molecule has 1 heterocycles. The normalized spacial score (nSPS) is 13.2. The zero-order chi connectivity index (χ0) is 9.68. The molecule has 0 saturated carbocycles. The molecule has 0 fully saturated rings. The van der Waals surface area contributed by atoms with Crippen LogP contribution in [0, 0.1) is 6.92 Å². The van der Waals surface area contributed by atoms with Crippen molar-refractivity contribution < 1.29 is 0 Å². The maximum absolute atomic E-state index is 4.13. The lowest BCUT2D eigenvalue weighted by Crippen LogP contribution is -2.22. The molecule has 1 aromatic heterocycles. The lowest BCUT2D eigenvalue weighted by molar-refractivity contribution is 0.674. The van der Waals surface area contributed by atoms with Crippen LogP contribution in [0.25, 0.3) is 0 Å². The summed E-state index contributed by atoms with van der Waals surface area (Å²) in [6.07, 6.45) is 4.01. The standard InChI is InChI=1S/C9H17N3S/c1-7(13-3)4-10-5-9-6-11-8(2)12-9/h6-7,10H,4-5H2,1-3H3,(H,11,12). The van der Waals surface area contributed by atoms with E-state index in [2.05, 4.69) is 28.5 Å². The highest BCUT2D eigenvalue weighted by Crippen LogP contribution is 2.03. The third-order valence-electron chi connectivity index (χ3n) is 1.91. The number of H-pyrrole nitrogens is 1. The summed E-state index contributed by atoms with van der Waals surface area (Å²) in [6.45, 7) is 6.11. The van der Waals surface area contributed by atoms with Crippen molar-refractivity contribution in [1.82, 2.24) is 15.3 Å². The Balaban J connectivity index is 2.20. The molecule has 0 spiro atoms. The summed E-state index contributed by atoms with van der Waals surface area (Å²) < 4.78 is 0. The molecular formula is C9H17N3S. The predicted molar refractivity (Wildman–Crippen MR) is 58.0 cm³/mol. The molecule has 0 bridgehead atoms. The van der Waals surface area contributed by atoms with Crippen LogP contribution < -0.4 is 5.32 Å². The van der Waals surface area contributed by atoms with Gasteiger partial charge in [-0.25, -0.2) is 4.98 Å². The topological polar surface area (TPSA) is 40.7 Å². The van der Waals surface area contributed by atoms with Crippen molar-refractivity contribution in [3.05, 3.63) is 17.7 Å². The molecule has 1 atom stereocenters. The fourth-order valence-corrected chi connectivity index (χ4v) is 1.34. The highest BCUT2D eigenvalue weighted by atomic mass is 32.2. The molecule has 2 N–H and O–H groups in total. The second kappa shape index (κ2) is 5.29. The molecule has 4 heteroatoms. The number of imidazole rings is 1. The van der Waals surface area contributed by atoms with Crippen molar-refractivity contribution in [3.63, 3.8) is 0 Å². The van der Waals surface area contributed by atoms with Crippen LogP contribution in [0.1, 0.15) is 18.4 Å². The summed E-state index contributed by atoms with van der Waals surface area (Å²) in [5.41, 5.74) is 1.16. The molecule has 3 nitrogen and oxygen atoms in total. The third kappa shape index (κ3) is 3.83. The first-order valence-electron chi connectivity index (χ1n) is 4.46. The van der Waals surface area contributed by atoms with Crippen molar-refractivity contribution >= 4 is 11.8 Å². The van der Waals surface area contributed by atoms with Crippen molar-refractivity contribution in [3.8, 4) is 0 Å². The van der Waals surface area contributed by atoms with Gasteiger partial charge in [0.25, 0.3) is 0 Å². The van der Waals surface area contributed by atoms with Gasteiger partial charge >= 0.3 is 0 Å². The highest BCUT2D eigenvalue weighted by Gasteiger charge is 1.99. The number of hydrogen-bond acceptors (Lipinski definition) is 3. The Morgan fingerprint density at radius 1 is 1.69 bits per heavy atom. The van der Waals surface area contributed by atoms with Crippen LogP contribution in [0.5, 0.6) is 0 Å². The van der Waals surface area contributed by atoms with Crippen molar-refractivity contribution in [2.75, 3.05) is 12.8 Å². The van der Waals surface area contributed by atoms with E-state index in [0.717, 1.165) is 24.6 Å². The molecule has 0 aliphatic carbocycles. The van der Waals surface area contributed by atoms with Crippen LogP contribution in [-0.4, -0.2) is 28.0 Å². The smallest absolute Gasteiger partial charge is 0.103 e. The van der Waals surface area contributed by atoms with Gasteiger partial charge in [-0.05, 0) is 13.2 Å². The molecule has 13 heavy (non-hydrogen) atoms. The molecule has 1 aromatic rings. The predicted octanol–water partition coefficient (Wildman–Crippen LogP) is 1.56. The summed E-state index contributed by atoms with van der Waals surface area (Å²) in [4.78, 5) is 7.32. The first kappa shape index (κ1) is 10.6. The minimum atomic E-state index is 0.670. The van der Waals surface area contributed by atoms with Crippen LogP contribution in [0.4, 0.5) is 0 Å². The number of rotatable bonds is 5. The second-order valence-corrected chi connectivity index (χ2v) is 4.45. The number of aromatic nitrogens is 2. The molecule has 1 rings (SSSR count). The highest BCUT2D eigenvalue weighted by molar-refractivity contribution is 7.99. The molecule has 0 aliphatic heterocycles. The first-order valence-corrected chi connectivity index (χ1v) is 5.75. The van der Waals surface area contributed by atoms with Gasteiger partial charge in [-0.15, -0.1) is 0 Å². The van der Waals surface area contributed by atoms with E-state index < -0.39 is 0 Å². The number of aryl methyl sites for hydroxylation is 1. The van der Waals surface area contributed by atoms with E-state index in [1.54, 1.807) is 0 Å². The van der Waals surface area contributed by atoms with E-state index in [-0.39, 0.29) is 0 Å². The van der Waals surface area contributed by atoms with E-state index in [1.807, 2.05) is 24.9 Å². The zero-order valence-electron chi connectivity index (χ0n) is 8.42. The number of aromatic amines is 1. The zero-order valence-corrected chi connectivity index (χ0v) is 9.24. The average Bonchev–Trinajstić information content (AvgIpc) is 2.51. The Labute approximate surface area is 83.7 Å². The second-order valence-electron chi connectivity index (χ2n) is 3.17. The number of thioether (sulfide) groups is 1. The molecular weight excluding hydrogens is 182 g/mol. The summed E-state index contributed by atoms with van der Waals surface area (Å²) in [5.74, 6) is 0.981. The Hall–Kier alpha value is -0.480. The average molecular weight is 199 g/mol. The van der Waals surface area contributed by atoms with Crippen molar-refractivity contribution in [1.29, 1.82) is 0 Å². The molecule has 0 aliphatic rings. The van der Waals surface area contributed by atoms with Crippen LogP contribution in [-0.2, 0) is 6.54 Å². The van der Waals surface area contributed by atoms with Gasteiger partial charge < -0.3 is 10.3 Å². The van der Waals surface area contributed by atoms with Crippen LogP contribution in [0.2, 0.25) is 0 Å². The summed E-state index contributed by atoms with van der Waals surface area (Å²) in [6, 6.07) is 0. The van der Waals surface area contributed by atoms with Gasteiger partial charge in [-0.1, -0.05) is 6.92 Å². The Morgan fingerprint density at radius 3 is 3.00 bits per heavy atom. The van der Waals surface area contributed by atoms with Gasteiger partial charge in [0.05, 0.1) is 0 Å². The number of hydrogen-bond donors (Lipinski definition) is 2. The van der Waals surface area contributed by atoms with Crippen LogP contribution >= 0.6 is 11.8 Å². The largest absolute Gasteiger partial charge is 0.345 e. The molecule has 0 aromatic carbocycles. The summed E-state index contributed by atoms with van der Waals surface area (Å²) >= 11 is 1.88. The van der Waals surface area contributed by atoms with Gasteiger partial charge in [0, 0.05) is 30.2 Å². The molecule has 0 radical (unpaired) electrons. The monoisotopic (exact) mass is 199 g/mol. The van der Waals surface area contributed by atoms with Gasteiger partial charge in [-0.3, -0.25) is 0 Å². The van der Waals surface area contributed by atoms with Gasteiger partial charge in [-0.2, -0.15) is 11.8 Å². The molecule has 0 saturated heterocycles. The van der Waals surface area contributed by atoms with Crippen molar-refractivity contribution in [2.24, 2.45) is 0 Å². The number of nitrogens with one attached hydrogen (secondary N) is 2. The summed E-state index contributed by atoms with van der Waals surface area (Å²) in [5, 5.41) is 4.04. The third-order valence-corrected chi connectivity index (χ3v) is 2.88. The van der Waals surface area contributed by atoms with E-state index in [0.29, 0.717) is 5.25 Å². The van der Waals surface area contributed by atoms with Crippen molar-refractivity contribution in [2.45, 2.75) is 25.6 Å².